The highest BCUT2D eigenvalue weighted by Crippen LogP contribution is 2.18. The Morgan fingerprint density at radius 3 is 2.52 bits per heavy atom. The lowest BCUT2D eigenvalue weighted by Crippen LogP contribution is -2.27. The topological polar surface area (TPSA) is 66.4 Å². The molecule has 0 aliphatic heterocycles. The van der Waals surface area contributed by atoms with Crippen LogP contribution in [0.25, 0.3) is 6.08 Å². The summed E-state index contributed by atoms with van der Waals surface area (Å²) in [5.74, 6) is -1.69. The Bertz CT molecular complexity index is 565. The third-order valence-electron chi connectivity index (χ3n) is 2.63. The standard InChI is InChI=1S/C14H14F3NO3/c1-9-8-11(3-2-10(9)4-5-12(19)20)13(21)18-7-6-14(15,16)17/h2-5,8H,6-7H2,1H3,(H,18,21)(H,19,20)/b5-4+. The van der Waals surface area contributed by atoms with Gasteiger partial charge in [-0.25, -0.2) is 4.79 Å². The largest absolute Gasteiger partial charge is 0.478 e. The van der Waals surface area contributed by atoms with Gasteiger partial charge >= 0.3 is 12.1 Å². The highest BCUT2D eigenvalue weighted by molar-refractivity contribution is 5.95. The number of hydrogen-bond donors (Lipinski definition) is 2. The zero-order valence-corrected chi connectivity index (χ0v) is 11.2. The summed E-state index contributed by atoms with van der Waals surface area (Å²) in [4.78, 5) is 22.1. The fourth-order valence-corrected chi connectivity index (χ4v) is 1.58. The van der Waals surface area contributed by atoms with E-state index in [4.69, 9.17) is 5.11 Å². The highest BCUT2D eigenvalue weighted by Gasteiger charge is 2.26. The van der Waals surface area contributed by atoms with Crippen molar-refractivity contribution in [2.75, 3.05) is 6.54 Å². The molecule has 0 heterocycles. The molecule has 0 aliphatic carbocycles. The van der Waals surface area contributed by atoms with Crippen LogP contribution in [0.15, 0.2) is 24.3 Å². The zero-order valence-electron chi connectivity index (χ0n) is 11.2. The van der Waals surface area contributed by atoms with Gasteiger partial charge in [0.15, 0.2) is 0 Å². The van der Waals surface area contributed by atoms with Crippen LogP contribution in [-0.4, -0.2) is 29.7 Å². The van der Waals surface area contributed by atoms with Gasteiger partial charge in [-0.3, -0.25) is 4.79 Å². The molecule has 0 atom stereocenters. The SMILES string of the molecule is Cc1cc(C(=O)NCCC(F)(F)F)ccc1/C=C/C(=O)O. The van der Waals surface area contributed by atoms with Crippen molar-refractivity contribution in [3.63, 3.8) is 0 Å². The molecule has 4 nitrogen and oxygen atoms in total. The average molecular weight is 301 g/mol. The first-order valence-corrected chi connectivity index (χ1v) is 6.05. The van der Waals surface area contributed by atoms with Crippen LogP contribution >= 0.6 is 0 Å². The van der Waals surface area contributed by atoms with Crippen LogP contribution in [0.1, 0.15) is 27.9 Å². The van der Waals surface area contributed by atoms with Crippen LogP contribution in [0.3, 0.4) is 0 Å². The Hall–Kier alpha value is -2.31. The quantitative estimate of drug-likeness (QED) is 0.822. The molecule has 0 saturated heterocycles. The van der Waals surface area contributed by atoms with Gasteiger partial charge in [-0.1, -0.05) is 6.07 Å². The van der Waals surface area contributed by atoms with Crippen molar-refractivity contribution in [3.8, 4) is 0 Å². The molecule has 0 aromatic heterocycles. The second kappa shape index (κ2) is 6.92. The van der Waals surface area contributed by atoms with Crippen molar-refractivity contribution in [1.82, 2.24) is 5.32 Å². The van der Waals surface area contributed by atoms with Gasteiger partial charge in [0.25, 0.3) is 5.91 Å². The molecule has 114 valence electrons. The van der Waals surface area contributed by atoms with E-state index in [0.717, 1.165) is 6.08 Å². The van der Waals surface area contributed by atoms with Crippen molar-refractivity contribution in [2.45, 2.75) is 19.5 Å². The molecule has 2 N–H and O–H groups in total. The third kappa shape index (κ3) is 6.11. The molecule has 0 saturated carbocycles. The van der Waals surface area contributed by atoms with Crippen molar-refractivity contribution >= 4 is 18.0 Å². The van der Waals surface area contributed by atoms with E-state index >= 15 is 0 Å². The molecule has 21 heavy (non-hydrogen) atoms. The summed E-state index contributed by atoms with van der Waals surface area (Å²) in [6, 6.07) is 4.45. The van der Waals surface area contributed by atoms with E-state index in [9.17, 15) is 22.8 Å². The lowest BCUT2D eigenvalue weighted by Gasteiger charge is -2.09. The molecule has 0 bridgehead atoms. The predicted octanol–water partition coefficient (Wildman–Crippen LogP) is 2.78. The summed E-state index contributed by atoms with van der Waals surface area (Å²) in [5, 5.41) is 10.7. The number of aliphatic carboxylic acids is 1. The number of aryl methyl sites for hydroxylation is 1. The summed E-state index contributed by atoms with van der Waals surface area (Å²) < 4.78 is 35.9. The number of benzene rings is 1. The van der Waals surface area contributed by atoms with Gasteiger partial charge < -0.3 is 10.4 Å². The lowest BCUT2D eigenvalue weighted by molar-refractivity contribution is -0.133. The molecule has 1 aromatic carbocycles. The predicted molar refractivity (Wildman–Crippen MR) is 70.9 cm³/mol. The van der Waals surface area contributed by atoms with Crippen LogP contribution in [0.5, 0.6) is 0 Å². The summed E-state index contributed by atoms with van der Waals surface area (Å²) in [5.41, 5.74) is 1.49. The first-order valence-electron chi connectivity index (χ1n) is 6.05. The minimum Gasteiger partial charge on any atom is -0.478 e. The number of carboxylic acid groups (broad SMARTS) is 1. The van der Waals surface area contributed by atoms with E-state index in [2.05, 4.69) is 5.32 Å². The van der Waals surface area contributed by atoms with E-state index in [1.165, 1.54) is 24.3 Å². The minimum atomic E-state index is -4.31. The first-order chi connectivity index (χ1) is 9.69. The smallest absolute Gasteiger partial charge is 0.390 e. The second-order valence-electron chi connectivity index (χ2n) is 4.36. The number of carboxylic acids is 1. The van der Waals surface area contributed by atoms with Crippen LogP contribution in [0, 0.1) is 6.92 Å². The van der Waals surface area contributed by atoms with Gasteiger partial charge in [-0.05, 0) is 36.3 Å². The average Bonchev–Trinajstić information content (AvgIpc) is 2.35. The van der Waals surface area contributed by atoms with Crippen molar-refractivity contribution in [3.05, 3.63) is 41.0 Å². The molecule has 7 heteroatoms. The molecule has 1 amide bonds. The number of halogens is 3. The summed E-state index contributed by atoms with van der Waals surface area (Å²) in [6.07, 6.45) is -3.06. The maximum atomic E-state index is 12.0. The fourth-order valence-electron chi connectivity index (χ4n) is 1.58. The third-order valence-corrected chi connectivity index (χ3v) is 2.63. The van der Waals surface area contributed by atoms with Gasteiger partial charge in [0.1, 0.15) is 0 Å². The molecule has 0 radical (unpaired) electrons. The van der Waals surface area contributed by atoms with Gasteiger partial charge in [-0.15, -0.1) is 0 Å². The number of rotatable bonds is 5. The Labute approximate surface area is 119 Å². The van der Waals surface area contributed by atoms with Crippen molar-refractivity contribution < 1.29 is 27.9 Å². The van der Waals surface area contributed by atoms with E-state index in [-0.39, 0.29) is 5.56 Å². The Morgan fingerprint density at radius 2 is 2.00 bits per heavy atom. The number of carbonyl (C=O) groups is 2. The van der Waals surface area contributed by atoms with E-state index in [1.54, 1.807) is 6.92 Å². The van der Waals surface area contributed by atoms with Gasteiger partial charge in [0.2, 0.25) is 0 Å². The van der Waals surface area contributed by atoms with E-state index in [0.29, 0.717) is 11.1 Å². The molecular formula is C14H14F3NO3. The highest BCUT2D eigenvalue weighted by atomic mass is 19.4. The monoisotopic (exact) mass is 301 g/mol. The molecule has 0 spiro atoms. The maximum absolute atomic E-state index is 12.0. The minimum absolute atomic E-state index is 0.224. The maximum Gasteiger partial charge on any atom is 0.390 e. The molecule has 1 aromatic rings. The van der Waals surface area contributed by atoms with Crippen molar-refractivity contribution in [2.24, 2.45) is 0 Å². The molecule has 0 unspecified atom stereocenters. The van der Waals surface area contributed by atoms with Crippen LogP contribution in [0.4, 0.5) is 13.2 Å². The molecular weight excluding hydrogens is 287 g/mol. The Morgan fingerprint density at radius 1 is 1.33 bits per heavy atom. The van der Waals surface area contributed by atoms with Crippen molar-refractivity contribution in [1.29, 1.82) is 0 Å². The first kappa shape index (κ1) is 16.7. The Kier molecular flexibility index (Phi) is 5.52. The molecule has 1 rings (SSSR count). The summed E-state index contributed by atoms with van der Waals surface area (Å²) >= 11 is 0. The molecule has 0 aliphatic rings. The number of amides is 1. The van der Waals surface area contributed by atoms with Gasteiger partial charge in [0.05, 0.1) is 6.42 Å². The Balaban J connectivity index is 2.70. The molecule has 0 fully saturated rings. The van der Waals surface area contributed by atoms with Crippen LogP contribution in [-0.2, 0) is 4.79 Å². The second-order valence-corrected chi connectivity index (χ2v) is 4.36. The van der Waals surface area contributed by atoms with E-state index in [1.807, 2.05) is 0 Å². The number of carbonyl (C=O) groups excluding carboxylic acids is 1. The lowest BCUT2D eigenvalue weighted by atomic mass is 10.0. The summed E-state index contributed by atoms with van der Waals surface area (Å²) in [6.45, 7) is 1.19. The van der Waals surface area contributed by atoms with Crippen LogP contribution in [0.2, 0.25) is 0 Å². The summed E-state index contributed by atoms with van der Waals surface area (Å²) in [7, 11) is 0. The zero-order chi connectivity index (χ0) is 16.0. The van der Waals surface area contributed by atoms with E-state index < -0.39 is 31.0 Å². The van der Waals surface area contributed by atoms with Gasteiger partial charge in [0, 0.05) is 18.2 Å². The van der Waals surface area contributed by atoms with Crippen LogP contribution < -0.4 is 5.32 Å². The normalized spacial score (nSPS) is 11.6. The number of nitrogens with one attached hydrogen (secondary N) is 1. The number of hydrogen-bond acceptors (Lipinski definition) is 2. The van der Waals surface area contributed by atoms with Gasteiger partial charge in [-0.2, -0.15) is 13.2 Å². The number of alkyl halides is 3. The fraction of sp³-hybridized carbons (Fsp3) is 0.286.